The van der Waals surface area contributed by atoms with Crippen LogP contribution in [0.4, 0.5) is 5.69 Å². The normalized spacial score (nSPS) is 25.3. The molecule has 1 N–H and O–H groups in total. The summed E-state index contributed by atoms with van der Waals surface area (Å²) in [7, 11) is 0. The van der Waals surface area contributed by atoms with Crippen LogP contribution < -0.4 is 5.32 Å². The summed E-state index contributed by atoms with van der Waals surface area (Å²) in [4.78, 5) is 37.4. The summed E-state index contributed by atoms with van der Waals surface area (Å²) in [5.41, 5.74) is 0.686. The van der Waals surface area contributed by atoms with E-state index in [0.29, 0.717) is 24.3 Å². The number of ether oxygens (including phenoxy) is 1. The summed E-state index contributed by atoms with van der Waals surface area (Å²) in [6.07, 6.45) is 5.95. The Morgan fingerprint density at radius 3 is 2.64 bits per heavy atom. The molecule has 2 atom stereocenters. The zero-order valence-corrected chi connectivity index (χ0v) is 15.1. The lowest BCUT2D eigenvalue weighted by Gasteiger charge is -2.36. The van der Waals surface area contributed by atoms with Gasteiger partial charge in [-0.25, -0.2) is 0 Å². The van der Waals surface area contributed by atoms with Crippen molar-refractivity contribution in [2.24, 2.45) is 17.8 Å². The number of ketones is 1. The van der Waals surface area contributed by atoms with E-state index in [-0.39, 0.29) is 36.2 Å². The number of Topliss-reactive ketones (excluding diaryl/α,β-unsaturated/α-hetero) is 1. The molecule has 2 aliphatic carbocycles. The molecule has 2 fully saturated rings. The van der Waals surface area contributed by atoms with Crippen molar-refractivity contribution in [2.45, 2.75) is 37.0 Å². The molecular weight excluding hydrogens is 338 g/mol. The van der Waals surface area contributed by atoms with E-state index in [1.165, 1.54) is 0 Å². The van der Waals surface area contributed by atoms with E-state index in [0.717, 1.165) is 24.2 Å². The van der Waals surface area contributed by atoms with Gasteiger partial charge < -0.3 is 10.1 Å². The van der Waals surface area contributed by atoms with Crippen molar-refractivity contribution in [1.82, 2.24) is 0 Å². The third-order valence-corrected chi connectivity index (χ3v) is 5.81. The Balaban J connectivity index is 1.48. The molecule has 5 nitrogen and oxygen atoms in total. The number of hydrogen-bond donors (Lipinski definition) is 1. The van der Waals surface area contributed by atoms with Crippen molar-refractivity contribution in [3.8, 4) is 0 Å². The molecule has 2 aliphatic rings. The summed E-state index contributed by atoms with van der Waals surface area (Å²) in [6.45, 7) is -0.290. The van der Waals surface area contributed by atoms with Gasteiger partial charge in [-0.1, -0.05) is 12.5 Å². The summed E-state index contributed by atoms with van der Waals surface area (Å²) in [5.74, 6) is -0.611. The van der Waals surface area contributed by atoms with Crippen molar-refractivity contribution in [1.29, 1.82) is 0 Å². The number of fused-ring (bicyclic) bond motifs is 2. The van der Waals surface area contributed by atoms with Gasteiger partial charge in [-0.05, 0) is 50.1 Å². The quantitative estimate of drug-likeness (QED) is 0.644. The van der Waals surface area contributed by atoms with E-state index >= 15 is 0 Å². The molecule has 25 heavy (non-hydrogen) atoms. The molecule has 0 aromatic heterocycles. The minimum atomic E-state index is -0.350. The fourth-order valence-electron chi connectivity index (χ4n) is 3.82. The highest BCUT2D eigenvalue weighted by Gasteiger charge is 2.41. The Morgan fingerprint density at radius 2 is 1.96 bits per heavy atom. The lowest BCUT2D eigenvalue weighted by atomic mass is 9.67. The number of rotatable bonds is 5. The van der Waals surface area contributed by atoms with Crippen molar-refractivity contribution in [2.75, 3.05) is 18.2 Å². The number of anilines is 1. The molecular formula is C19H23NO4S. The van der Waals surface area contributed by atoms with Crippen LogP contribution in [0.25, 0.3) is 0 Å². The third kappa shape index (κ3) is 4.42. The fraction of sp³-hybridized carbons (Fsp3) is 0.526. The van der Waals surface area contributed by atoms with Crippen LogP contribution in [-0.2, 0) is 19.1 Å². The molecule has 134 valence electrons. The number of nitrogens with one attached hydrogen (secondary N) is 1. The first kappa shape index (κ1) is 18.0. The Kier molecular flexibility index (Phi) is 5.78. The van der Waals surface area contributed by atoms with Gasteiger partial charge >= 0.3 is 5.97 Å². The van der Waals surface area contributed by atoms with Gasteiger partial charge in [0.2, 0.25) is 0 Å². The van der Waals surface area contributed by atoms with Crippen LogP contribution in [0.3, 0.4) is 0 Å². The van der Waals surface area contributed by atoms with Crippen LogP contribution in [-0.4, -0.2) is 30.5 Å². The van der Waals surface area contributed by atoms with Gasteiger partial charge in [-0.15, -0.1) is 11.8 Å². The first-order valence-corrected chi connectivity index (χ1v) is 9.93. The van der Waals surface area contributed by atoms with Crippen LogP contribution in [0.5, 0.6) is 0 Å². The van der Waals surface area contributed by atoms with E-state index in [4.69, 9.17) is 4.74 Å². The molecule has 0 heterocycles. The second kappa shape index (κ2) is 8.04. The number of carbonyl (C=O) groups excluding carboxylic acids is 3. The second-order valence-corrected chi connectivity index (χ2v) is 7.66. The minimum absolute atomic E-state index is 0.00756. The van der Waals surface area contributed by atoms with Crippen LogP contribution >= 0.6 is 11.8 Å². The van der Waals surface area contributed by atoms with Gasteiger partial charge in [0.25, 0.3) is 5.91 Å². The monoisotopic (exact) mass is 361 g/mol. The number of esters is 1. The molecule has 2 saturated carbocycles. The van der Waals surface area contributed by atoms with Crippen LogP contribution in [0.1, 0.15) is 32.1 Å². The van der Waals surface area contributed by atoms with E-state index in [9.17, 15) is 14.4 Å². The van der Waals surface area contributed by atoms with Gasteiger partial charge in [0.05, 0.1) is 5.92 Å². The summed E-state index contributed by atoms with van der Waals surface area (Å²) < 4.78 is 5.21. The molecule has 2 bridgehead atoms. The van der Waals surface area contributed by atoms with Crippen molar-refractivity contribution >= 4 is 35.1 Å². The maximum Gasteiger partial charge on any atom is 0.309 e. The lowest BCUT2D eigenvalue weighted by Crippen LogP contribution is -2.40. The topological polar surface area (TPSA) is 72.5 Å². The Hall–Kier alpha value is -1.82. The molecule has 6 heteroatoms. The van der Waals surface area contributed by atoms with E-state index < -0.39 is 0 Å². The van der Waals surface area contributed by atoms with E-state index in [2.05, 4.69) is 5.32 Å². The van der Waals surface area contributed by atoms with Crippen molar-refractivity contribution in [3.05, 3.63) is 24.3 Å². The van der Waals surface area contributed by atoms with Gasteiger partial charge in [0.1, 0.15) is 5.78 Å². The number of hydrogen-bond acceptors (Lipinski definition) is 5. The molecule has 0 spiro atoms. The third-order valence-electron chi connectivity index (χ3n) is 5.08. The number of carbonyl (C=O) groups is 3. The highest BCUT2D eigenvalue weighted by molar-refractivity contribution is 7.98. The average Bonchev–Trinajstić information content (AvgIpc) is 2.59. The molecule has 0 aliphatic heterocycles. The summed E-state index contributed by atoms with van der Waals surface area (Å²) >= 11 is 1.59. The number of amides is 1. The summed E-state index contributed by atoms with van der Waals surface area (Å²) in [5, 5.41) is 2.74. The maximum atomic E-state index is 12.3. The van der Waals surface area contributed by atoms with Crippen LogP contribution in [0, 0.1) is 17.8 Å². The Labute approximate surface area is 151 Å². The van der Waals surface area contributed by atoms with Gasteiger partial charge in [0.15, 0.2) is 6.61 Å². The summed E-state index contributed by atoms with van der Waals surface area (Å²) in [6, 6.07) is 7.50. The smallest absolute Gasteiger partial charge is 0.309 e. The van der Waals surface area contributed by atoms with E-state index in [1.54, 1.807) is 17.8 Å². The highest BCUT2D eigenvalue weighted by atomic mass is 32.2. The zero-order chi connectivity index (χ0) is 17.8. The van der Waals surface area contributed by atoms with Crippen LogP contribution in [0.2, 0.25) is 0 Å². The molecule has 1 aromatic carbocycles. The molecule has 0 unspecified atom stereocenters. The SMILES string of the molecule is CSc1cccc(NC(=O)COC(=O)C2C[C@H]3CCC[C@H](C2)C3=O)c1. The second-order valence-electron chi connectivity index (χ2n) is 6.78. The number of thioether (sulfide) groups is 1. The average molecular weight is 361 g/mol. The highest BCUT2D eigenvalue weighted by Crippen LogP contribution is 2.40. The fourth-order valence-corrected chi connectivity index (χ4v) is 4.28. The van der Waals surface area contributed by atoms with Gasteiger partial charge in [0, 0.05) is 22.4 Å². The molecule has 0 saturated heterocycles. The van der Waals surface area contributed by atoms with Crippen LogP contribution in [0.15, 0.2) is 29.2 Å². The Bertz CT molecular complexity index is 659. The predicted molar refractivity (Wildman–Crippen MR) is 96.4 cm³/mol. The first-order valence-electron chi connectivity index (χ1n) is 8.71. The van der Waals surface area contributed by atoms with Gasteiger partial charge in [-0.2, -0.15) is 0 Å². The van der Waals surface area contributed by atoms with Crippen molar-refractivity contribution < 1.29 is 19.1 Å². The molecule has 1 amide bonds. The maximum absolute atomic E-state index is 12.3. The standard InChI is InChI=1S/C19H23NO4S/c1-25-16-7-3-6-15(10-16)20-17(21)11-24-19(23)14-8-12-4-2-5-13(9-14)18(12)22/h3,6-7,10,12-14H,2,4-5,8-9,11H2,1H3,(H,20,21)/t12-,13-/m1/s1. The largest absolute Gasteiger partial charge is 0.455 e. The lowest BCUT2D eigenvalue weighted by molar-refractivity contribution is -0.155. The van der Waals surface area contributed by atoms with Gasteiger partial charge in [-0.3, -0.25) is 14.4 Å². The minimum Gasteiger partial charge on any atom is -0.455 e. The zero-order valence-electron chi connectivity index (χ0n) is 14.3. The molecule has 0 radical (unpaired) electrons. The number of benzene rings is 1. The Morgan fingerprint density at radius 1 is 1.24 bits per heavy atom. The first-order chi connectivity index (χ1) is 12.1. The molecule has 1 aromatic rings. The predicted octanol–water partition coefficient (Wildman–Crippen LogP) is 3.29. The van der Waals surface area contributed by atoms with E-state index in [1.807, 2.05) is 24.5 Å². The van der Waals surface area contributed by atoms with Crippen molar-refractivity contribution in [3.63, 3.8) is 0 Å². The molecule has 3 rings (SSSR count).